The van der Waals surface area contributed by atoms with Gasteiger partial charge in [0.1, 0.15) is 0 Å². The molecule has 0 saturated heterocycles. The fourth-order valence-electron chi connectivity index (χ4n) is 12.7. The van der Waals surface area contributed by atoms with E-state index < -0.39 is 0 Å². The number of nitrogens with zero attached hydrogens (tertiary/aromatic N) is 3. The van der Waals surface area contributed by atoms with Gasteiger partial charge in [-0.1, -0.05) is 176 Å². The second-order valence-corrected chi connectivity index (χ2v) is 25.5. The summed E-state index contributed by atoms with van der Waals surface area (Å²) in [5.41, 5.74) is 23.1. The van der Waals surface area contributed by atoms with Crippen LogP contribution in [0.1, 0.15) is 156 Å². The summed E-state index contributed by atoms with van der Waals surface area (Å²) in [4.78, 5) is 5.48. The lowest BCUT2D eigenvalue weighted by molar-refractivity contribution is 0.195. The predicted molar refractivity (Wildman–Crippen MR) is 290 cm³/mol. The van der Waals surface area contributed by atoms with E-state index in [2.05, 4.69) is 233 Å². The van der Waals surface area contributed by atoms with E-state index >= 15 is 0 Å². The highest BCUT2D eigenvalue weighted by Crippen LogP contribution is 2.62. The fraction of sp³-hybridized carbons (Fsp3) is 0.397. The summed E-state index contributed by atoms with van der Waals surface area (Å²) < 4.78 is 2.70. The molecule has 0 bridgehead atoms. The minimum Gasteiger partial charge on any atom is -0.335 e. The van der Waals surface area contributed by atoms with Crippen molar-refractivity contribution in [3.05, 3.63) is 155 Å². The van der Waals surface area contributed by atoms with Gasteiger partial charge >= 0.3 is 0 Å². The van der Waals surface area contributed by atoms with Gasteiger partial charge in [0.25, 0.3) is 0 Å². The van der Waals surface area contributed by atoms with Gasteiger partial charge in [-0.25, -0.2) is 0 Å². The van der Waals surface area contributed by atoms with Gasteiger partial charge in [-0.05, 0) is 146 Å². The smallest absolute Gasteiger partial charge is 0.221 e. The summed E-state index contributed by atoms with van der Waals surface area (Å²) in [5.74, 6) is 0. The molecule has 4 aliphatic rings. The van der Waals surface area contributed by atoms with Crippen LogP contribution in [0.3, 0.4) is 0 Å². The molecule has 1 saturated carbocycles. The highest BCUT2D eigenvalue weighted by atomic mass is 15.3. The van der Waals surface area contributed by atoms with Crippen LogP contribution in [0.5, 0.6) is 0 Å². The Labute approximate surface area is 402 Å². The number of benzene rings is 6. The first-order valence-corrected chi connectivity index (χ1v) is 25.4. The second-order valence-electron chi connectivity index (χ2n) is 25.5. The van der Waals surface area contributed by atoms with Gasteiger partial charge in [0.2, 0.25) is 6.71 Å². The quantitative estimate of drug-likeness (QED) is 0.163. The van der Waals surface area contributed by atoms with Crippen molar-refractivity contribution < 1.29 is 0 Å². The highest BCUT2D eigenvalue weighted by Gasteiger charge is 2.61. The maximum absolute atomic E-state index is 2.92. The van der Waals surface area contributed by atoms with Crippen molar-refractivity contribution in [2.24, 2.45) is 0 Å². The molecule has 4 heterocycles. The Bertz CT molecular complexity index is 3050. The van der Waals surface area contributed by atoms with Crippen LogP contribution in [-0.2, 0) is 33.4 Å². The van der Waals surface area contributed by atoms with Gasteiger partial charge in [-0.15, -0.1) is 0 Å². The lowest BCUT2D eigenvalue weighted by Crippen LogP contribution is -2.60. The lowest BCUT2D eigenvalue weighted by Gasteiger charge is -2.52. The minimum absolute atomic E-state index is 0.00151. The first-order valence-electron chi connectivity index (χ1n) is 25.4. The first kappa shape index (κ1) is 44.1. The van der Waals surface area contributed by atoms with Crippen molar-refractivity contribution in [1.29, 1.82) is 0 Å². The molecule has 1 aromatic heterocycles. The second kappa shape index (κ2) is 14.5. The van der Waals surface area contributed by atoms with Crippen LogP contribution in [0.25, 0.3) is 27.8 Å². The summed E-state index contributed by atoms with van der Waals surface area (Å²) in [6.07, 6.45) is 5.83. The van der Waals surface area contributed by atoms with Crippen molar-refractivity contribution >= 4 is 57.0 Å². The van der Waals surface area contributed by atoms with Gasteiger partial charge in [0.15, 0.2) is 0 Å². The molecular weight excluding hydrogens is 810 g/mol. The summed E-state index contributed by atoms with van der Waals surface area (Å²) in [6.45, 7) is 33.7. The molecule has 342 valence electrons. The van der Waals surface area contributed by atoms with Gasteiger partial charge in [-0.2, -0.15) is 0 Å². The summed E-state index contributed by atoms with van der Waals surface area (Å²) in [5, 5.41) is 1.33. The van der Waals surface area contributed by atoms with Gasteiger partial charge < -0.3 is 14.4 Å². The van der Waals surface area contributed by atoms with Crippen LogP contribution in [0.4, 0.5) is 28.4 Å². The van der Waals surface area contributed by atoms with E-state index in [0.717, 1.165) is 12.7 Å². The zero-order valence-corrected chi connectivity index (χ0v) is 43.0. The zero-order chi connectivity index (χ0) is 47.4. The molecule has 6 aromatic carbocycles. The van der Waals surface area contributed by atoms with E-state index in [1.807, 2.05) is 0 Å². The fourth-order valence-corrected chi connectivity index (χ4v) is 12.7. The van der Waals surface area contributed by atoms with Crippen LogP contribution in [0.15, 0.2) is 121 Å². The third kappa shape index (κ3) is 6.65. The minimum atomic E-state index is -0.101. The Morgan fingerprint density at radius 1 is 0.537 bits per heavy atom. The molecule has 1 aliphatic carbocycles. The van der Waals surface area contributed by atoms with Gasteiger partial charge in [0, 0.05) is 39.2 Å². The maximum Gasteiger partial charge on any atom is 0.221 e. The largest absolute Gasteiger partial charge is 0.335 e. The standard InChI is InChI=1S/C63H72BN3/c1-58(2,3)43-22-26-47(27-23-43)65(48-28-24-44(25-29-48)59(4,5)6)49-37-53-55-54(38-49)67-57-50(62(13)30-18-19-31-63(62,67)14)35-46(61(10,11)12)36-51(57)64(55)39-42-33-45(60(7,8)9)32-41-34-52(66(53)56(41)42)40-20-16-15-17-21-40/h15-17,20-29,32-38H,18-19,30-31,39H2,1-14H3. The molecule has 2 unspecified atom stereocenters. The molecule has 0 amide bonds. The first-order chi connectivity index (χ1) is 31.5. The number of fused-ring (bicyclic) bond motifs is 6. The monoisotopic (exact) mass is 882 g/mol. The highest BCUT2D eigenvalue weighted by molar-refractivity contribution is 6.89. The molecule has 7 aromatic rings. The predicted octanol–water partition coefficient (Wildman–Crippen LogP) is 15.7. The third-order valence-electron chi connectivity index (χ3n) is 17.0. The average Bonchev–Trinajstić information content (AvgIpc) is 3.70. The average molecular weight is 882 g/mol. The molecule has 0 N–H and O–H groups in total. The van der Waals surface area contributed by atoms with Crippen LogP contribution < -0.4 is 20.7 Å². The summed E-state index contributed by atoms with van der Waals surface area (Å²) in [6, 6.07) is 48.2. The molecular formula is C63H72BN3. The van der Waals surface area contributed by atoms with E-state index in [4.69, 9.17) is 0 Å². The molecule has 11 rings (SSSR count). The summed E-state index contributed by atoms with van der Waals surface area (Å²) in [7, 11) is 0. The van der Waals surface area contributed by atoms with E-state index in [9.17, 15) is 0 Å². The molecule has 2 atom stereocenters. The third-order valence-corrected chi connectivity index (χ3v) is 17.0. The molecule has 4 heteroatoms. The van der Waals surface area contributed by atoms with Gasteiger partial charge in [0.05, 0.1) is 22.4 Å². The maximum atomic E-state index is 2.92. The summed E-state index contributed by atoms with van der Waals surface area (Å²) >= 11 is 0. The Hall–Kier alpha value is -5.48. The Morgan fingerprint density at radius 3 is 1.67 bits per heavy atom. The molecule has 1 fully saturated rings. The van der Waals surface area contributed by atoms with Crippen LogP contribution in [0, 0.1) is 0 Å². The molecule has 3 aliphatic heterocycles. The Kier molecular flexibility index (Phi) is 9.55. The normalized spacial score (nSPS) is 19.9. The lowest BCUT2D eigenvalue weighted by atomic mass is 9.35. The van der Waals surface area contributed by atoms with Gasteiger partial charge in [-0.3, -0.25) is 0 Å². The van der Waals surface area contributed by atoms with E-state index in [1.165, 1.54) is 114 Å². The van der Waals surface area contributed by atoms with E-state index in [1.54, 1.807) is 5.56 Å². The van der Waals surface area contributed by atoms with Crippen molar-refractivity contribution in [3.8, 4) is 16.9 Å². The Balaban J connectivity index is 1.29. The van der Waals surface area contributed by atoms with Crippen LogP contribution in [-0.4, -0.2) is 16.8 Å². The molecule has 67 heavy (non-hydrogen) atoms. The van der Waals surface area contributed by atoms with E-state index in [0.29, 0.717) is 0 Å². The number of hydrogen-bond donors (Lipinski definition) is 0. The van der Waals surface area contributed by atoms with Crippen molar-refractivity contribution in [2.45, 2.75) is 162 Å². The zero-order valence-electron chi connectivity index (χ0n) is 43.0. The topological polar surface area (TPSA) is 11.4 Å². The number of anilines is 5. The van der Waals surface area contributed by atoms with Crippen molar-refractivity contribution in [2.75, 3.05) is 9.80 Å². The SMILES string of the molecule is CC(C)(C)c1ccc(N(c2ccc(C(C)(C)C)cc2)c2cc3c4c(c2)-n2c(-c5ccccc5)cc5cc(C(C)(C)C)cc(c52)CB4c2cc(C(C)(C)C)cc4c2N3C2(C)CCCCC42C)cc1. The molecule has 3 nitrogen and oxygen atoms in total. The molecule has 0 radical (unpaired) electrons. The van der Waals surface area contributed by atoms with Crippen molar-refractivity contribution in [1.82, 2.24) is 4.57 Å². The Morgan fingerprint density at radius 2 is 1.09 bits per heavy atom. The number of rotatable bonds is 4. The van der Waals surface area contributed by atoms with E-state index in [-0.39, 0.29) is 39.3 Å². The number of aromatic nitrogens is 1. The number of hydrogen-bond acceptors (Lipinski definition) is 2. The van der Waals surface area contributed by atoms with Crippen LogP contribution >= 0.6 is 0 Å². The van der Waals surface area contributed by atoms with Crippen molar-refractivity contribution in [3.63, 3.8) is 0 Å². The molecule has 0 spiro atoms. The van der Waals surface area contributed by atoms with Crippen LogP contribution in [0.2, 0.25) is 0 Å².